The molecule has 1 rings (SSSR count). The first kappa shape index (κ1) is 7.55. The predicted octanol–water partition coefficient (Wildman–Crippen LogP) is 1.23. The van der Waals surface area contributed by atoms with Crippen LogP contribution in [0.15, 0.2) is 10.8 Å². The van der Waals surface area contributed by atoms with Gasteiger partial charge in [0.1, 0.15) is 13.4 Å². The van der Waals surface area contributed by atoms with E-state index in [2.05, 4.69) is 9.68 Å². The van der Waals surface area contributed by atoms with E-state index in [0.29, 0.717) is 0 Å². The maximum atomic E-state index is 11.4. The van der Waals surface area contributed by atoms with Gasteiger partial charge in [0, 0.05) is 0 Å². The third-order valence-corrected chi connectivity index (χ3v) is 2.89. The van der Waals surface area contributed by atoms with Crippen LogP contribution in [0.2, 0.25) is 0 Å². The fraction of sp³-hybridized carbons (Fsp3) is 0.500. The number of aromatic nitrogens is 1. The van der Waals surface area contributed by atoms with Gasteiger partial charge in [-0.15, -0.1) is 0 Å². The standard InChI is InChI=1S/C6H10NO2P/c1-5-6(4-9-7-5)10(2,3)8/h4H,1-3H3. The topological polar surface area (TPSA) is 43.1 Å². The van der Waals surface area contributed by atoms with Crippen molar-refractivity contribution in [1.82, 2.24) is 5.16 Å². The molecular formula is C6H10NO2P. The van der Waals surface area contributed by atoms with Crippen LogP contribution in [-0.2, 0) is 4.57 Å². The molecule has 0 aliphatic rings. The summed E-state index contributed by atoms with van der Waals surface area (Å²) < 4.78 is 16.0. The smallest absolute Gasteiger partial charge is 0.134 e. The Morgan fingerprint density at radius 2 is 2.20 bits per heavy atom. The average Bonchev–Trinajstić information content (AvgIpc) is 2.11. The van der Waals surface area contributed by atoms with Crippen LogP contribution in [0.1, 0.15) is 5.69 Å². The zero-order valence-corrected chi connectivity index (χ0v) is 7.18. The van der Waals surface area contributed by atoms with E-state index in [1.54, 1.807) is 20.3 Å². The molecule has 4 heteroatoms. The maximum Gasteiger partial charge on any atom is 0.134 e. The molecule has 0 bridgehead atoms. The Balaban J connectivity index is 3.18. The zero-order chi connectivity index (χ0) is 7.78. The number of hydrogen-bond donors (Lipinski definition) is 0. The second-order valence-electron chi connectivity index (χ2n) is 2.64. The summed E-state index contributed by atoms with van der Waals surface area (Å²) in [5.74, 6) is 0. The van der Waals surface area contributed by atoms with E-state index in [1.165, 1.54) is 6.26 Å². The molecule has 0 unspecified atom stereocenters. The highest BCUT2D eigenvalue weighted by molar-refractivity contribution is 7.70. The van der Waals surface area contributed by atoms with Crippen LogP contribution in [0, 0.1) is 6.92 Å². The number of rotatable bonds is 1. The highest BCUT2D eigenvalue weighted by Gasteiger charge is 2.16. The summed E-state index contributed by atoms with van der Waals surface area (Å²) in [6.45, 7) is 5.19. The Kier molecular flexibility index (Phi) is 1.69. The van der Waals surface area contributed by atoms with Crippen molar-refractivity contribution in [2.45, 2.75) is 6.92 Å². The summed E-state index contributed by atoms with van der Waals surface area (Å²) in [6, 6.07) is 0. The lowest BCUT2D eigenvalue weighted by molar-refractivity contribution is 0.415. The maximum absolute atomic E-state index is 11.4. The third-order valence-electron chi connectivity index (χ3n) is 1.30. The second kappa shape index (κ2) is 2.24. The van der Waals surface area contributed by atoms with Gasteiger partial charge in [0.25, 0.3) is 0 Å². The first-order chi connectivity index (χ1) is 4.52. The van der Waals surface area contributed by atoms with Gasteiger partial charge in [-0.25, -0.2) is 0 Å². The lowest BCUT2D eigenvalue weighted by atomic mass is 10.5. The fourth-order valence-electron chi connectivity index (χ4n) is 0.804. The molecule has 56 valence electrons. The molecule has 1 aromatic heterocycles. The summed E-state index contributed by atoms with van der Waals surface area (Å²) in [4.78, 5) is 0. The molecule has 0 saturated heterocycles. The number of nitrogens with zero attached hydrogens (tertiary/aromatic N) is 1. The highest BCUT2D eigenvalue weighted by atomic mass is 31.2. The van der Waals surface area contributed by atoms with E-state index in [-0.39, 0.29) is 0 Å². The van der Waals surface area contributed by atoms with E-state index in [0.717, 1.165) is 11.0 Å². The van der Waals surface area contributed by atoms with Crippen molar-refractivity contribution >= 4 is 12.4 Å². The summed E-state index contributed by atoms with van der Waals surface area (Å²) in [6.07, 6.45) is 1.45. The van der Waals surface area contributed by atoms with E-state index in [4.69, 9.17) is 0 Å². The molecule has 0 aromatic carbocycles. The predicted molar refractivity (Wildman–Crippen MR) is 40.3 cm³/mol. The normalized spacial score (nSPS) is 11.9. The van der Waals surface area contributed by atoms with Crippen LogP contribution in [0.3, 0.4) is 0 Å². The third kappa shape index (κ3) is 1.29. The Hall–Kier alpha value is -0.560. The second-order valence-corrected chi connectivity index (χ2v) is 5.82. The van der Waals surface area contributed by atoms with Crippen molar-refractivity contribution in [3.63, 3.8) is 0 Å². The van der Waals surface area contributed by atoms with Gasteiger partial charge in [0.05, 0.1) is 11.0 Å². The minimum atomic E-state index is -2.16. The monoisotopic (exact) mass is 159 g/mol. The van der Waals surface area contributed by atoms with Gasteiger partial charge in [0.15, 0.2) is 0 Å². The van der Waals surface area contributed by atoms with Crippen molar-refractivity contribution in [3.8, 4) is 0 Å². The summed E-state index contributed by atoms with van der Waals surface area (Å²) in [7, 11) is -2.16. The quantitative estimate of drug-likeness (QED) is 0.579. The molecule has 1 aromatic rings. The minimum absolute atomic E-state index is 0.730. The van der Waals surface area contributed by atoms with Gasteiger partial charge in [-0.1, -0.05) is 5.16 Å². The average molecular weight is 159 g/mol. The van der Waals surface area contributed by atoms with E-state index < -0.39 is 7.14 Å². The van der Waals surface area contributed by atoms with Crippen molar-refractivity contribution < 1.29 is 9.09 Å². The van der Waals surface area contributed by atoms with Crippen LogP contribution >= 0.6 is 7.14 Å². The molecule has 1 heterocycles. The molecule has 10 heavy (non-hydrogen) atoms. The first-order valence-corrected chi connectivity index (χ1v) is 5.58. The molecule has 0 radical (unpaired) electrons. The van der Waals surface area contributed by atoms with Gasteiger partial charge < -0.3 is 9.09 Å². The van der Waals surface area contributed by atoms with Crippen molar-refractivity contribution in [1.29, 1.82) is 0 Å². The Morgan fingerprint density at radius 3 is 2.40 bits per heavy atom. The summed E-state index contributed by atoms with van der Waals surface area (Å²) >= 11 is 0. The van der Waals surface area contributed by atoms with Gasteiger partial charge >= 0.3 is 0 Å². The lowest BCUT2D eigenvalue weighted by Crippen LogP contribution is -2.02. The molecule has 0 atom stereocenters. The number of hydrogen-bond acceptors (Lipinski definition) is 3. The summed E-state index contributed by atoms with van der Waals surface area (Å²) in [5.41, 5.74) is 0.730. The molecule has 0 spiro atoms. The largest absolute Gasteiger partial charge is 0.364 e. The van der Waals surface area contributed by atoms with Gasteiger partial charge in [-0.3, -0.25) is 0 Å². The van der Waals surface area contributed by atoms with Crippen LogP contribution in [0.5, 0.6) is 0 Å². The summed E-state index contributed by atoms with van der Waals surface area (Å²) in [5, 5.41) is 4.38. The van der Waals surface area contributed by atoms with E-state index in [9.17, 15) is 4.57 Å². The molecule has 0 fully saturated rings. The Morgan fingerprint density at radius 1 is 1.60 bits per heavy atom. The molecule has 3 nitrogen and oxygen atoms in total. The molecule has 0 amide bonds. The van der Waals surface area contributed by atoms with Gasteiger partial charge in [-0.05, 0) is 20.3 Å². The SMILES string of the molecule is Cc1nocc1P(C)(C)=O. The fourth-order valence-corrected chi connectivity index (χ4v) is 1.93. The van der Waals surface area contributed by atoms with Crippen LogP contribution in [0.25, 0.3) is 0 Å². The molecule has 0 aliphatic carbocycles. The molecule has 0 aliphatic heterocycles. The molecule has 0 N–H and O–H groups in total. The van der Waals surface area contributed by atoms with Crippen LogP contribution < -0.4 is 5.30 Å². The zero-order valence-electron chi connectivity index (χ0n) is 6.29. The molecule has 0 saturated carbocycles. The van der Waals surface area contributed by atoms with Crippen molar-refractivity contribution in [3.05, 3.63) is 12.0 Å². The van der Waals surface area contributed by atoms with Crippen LogP contribution in [0.4, 0.5) is 0 Å². The van der Waals surface area contributed by atoms with Crippen LogP contribution in [-0.4, -0.2) is 18.5 Å². The first-order valence-electron chi connectivity index (χ1n) is 2.98. The van der Waals surface area contributed by atoms with E-state index >= 15 is 0 Å². The number of aryl methyl sites for hydroxylation is 1. The minimum Gasteiger partial charge on any atom is -0.364 e. The molecular weight excluding hydrogens is 149 g/mol. The Bertz CT molecular complexity index is 273. The van der Waals surface area contributed by atoms with Gasteiger partial charge in [0.2, 0.25) is 0 Å². The Labute approximate surface area is 59.8 Å². The van der Waals surface area contributed by atoms with Gasteiger partial charge in [-0.2, -0.15) is 0 Å². The van der Waals surface area contributed by atoms with Crippen molar-refractivity contribution in [2.75, 3.05) is 13.3 Å². The van der Waals surface area contributed by atoms with E-state index in [1.807, 2.05) is 0 Å². The highest BCUT2D eigenvalue weighted by Crippen LogP contribution is 2.35. The lowest BCUT2D eigenvalue weighted by Gasteiger charge is -2.00. The van der Waals surface area contributed by atoms with Crippen molar-refractivity contribution in [2.24, 2.45) is 0 Å².